The summed E-state index contributed by atoms with van der Waals surface area (Å²) in [5.41, 5.74) is 0. The summed E-state index contributed by atoms with van der Waals surface area (Å²) in [7, 11) is 0. The van der Waals surface area contributed by atoms with Crippen molar-refractivity contribution in [1.82, 2.24) is 5.32 Å². The molecule has 1 amide bonds. The third kappa shape index (κ3) is 31.6. The molecule has 0 saturated carbocycles. The zero-order chi connectivity index (χ0) is 31.6. The van der Waals surface area contributed by atoms with Gasteiger partial charge in [0.25, 0.3) is 0 Å². The van der Waals surface area contributed by atoms with Gasteiger partial charge in [-0.3, -0.25) is 9.59 Å². The number of ether oxygens (including phenoxy) is 1. The van der Waals surface area contributed by atoms with Crippen LogP contribution in [0.15, 0.2) is 0 Å². The van der Waals surface area contributed by atoms with Crippen LogP contribution in [0, 0.1) is 0 Å². The summed E-state index contributed by atoms with van der Waals surface area (Å²) in [6.45, 7) is 4.79. The first-order valence-electron chi connectivity index (χ1n) is 18.7. The van der Waals surface area contributed by atoms with E-state index in [4.69, 9.17) is 4.74 Å². The fraction of sp³-hybridized carbons (Fsp3) is 0.919. The van der Waals surface area contributed by atoms with Gasteiger partial charge in [0.05, 0.1) is 13.0 Å². The number of rotatable bonds is 34. The number of carbonyl (C=O) groups excluding carboxylic acids is 2. The van der Waals surface area contributed by atoms with Gasteiger partial charge in [0.1, 0.15) is 6.04 Å². The molecule has 6 nitrogen and oxygen atoms in total. The molecule has 254 valence electrons. The predicted molar refractivity (Wildman–Crippen MR) is 180 cm³/mol. The molecule has 0 aliphatic rings. The molecule has 0 aromatic rings. The molecular formula is C37H71NO5. The first-order chi connectivity index (χ1) is 21.0. The van der Waals surface area contributed by atoms with Crippen molar-refractivity contribution in [3.05, 3.63) is 0 Å². The third-order valence-corrected chi connectivity index (χ3v) is 8.50. The molecule has 0 bridgehead atoms. The molecule has 0 aliphatic carbocycles. The number of esters is 1. The Kier molecular flexibility index (Phi) is 32.1. The molecular weight excluding hydrogens is 538 g/mol. The molecule has 0 heterocycles. The van der Waals surface area contributed by atoms with Crippen LogP contribution in [0.4, 0.5) is 0 Å². The molecule has 0 fully saturated rings. The largest absolute Gasteiger partial charge is 0.481 e. The van der Waals surface area contributed by atoms with Crippen molar-refractivity contribution < 1.29 is 24.2 Å². The lowest BCUT2D eigenvalue weighted by molar-refractivity contribution is -0.151. The van der Waals surface area contributed by atoms with Crippen LogP contribution in [0.5, 0.6) is 0 Å². The van der Waals surface area contributed by atoms with Crippen LogP contribution in [0.1, 0.15) is 206 Å². The van der Waals surface area contributed by atoms with Gasteiger partial charge in [-0.05, 0) is 12.8 Å². The summed E-state index contributed by atoms with van der Waals surface area (Å²) in [4.78, 5) is 36.0. The van der Waals surface area contributed by atoms with Crippen molar-refractivity contribution in [2.24, 2.45) is 0 Å². The molecule has 6 heteroatoms. The maximum absolute atomic E-state index is 12.4. The van der Waals surface area contributed by atoms with Gasteiger partial charge in [0, 0.05) is 6.42 Å². The van der Waals surface area contributed by atoms with E-state index in [1.54, 1.807) is 0 Å². The van der Waals surface area contributed by atoms with E-state index in [0.29, 0.717) is 6.42 Å². The number of aliphatic carboxylic acids is 1. The fourth-order valence-electron chi connectivity index (χ4n) is 5.68. The molecule has 0 spiro atoms. The molecule has 0 aromatic heterocycles. The van der Waals surface area contributed by atoms with Gasteiger partial charge in [0.2, 0.25) is 5.91 Å². The number of carboxylic acid groups (broad SMARTS) is 1. The lowest BCUT2D eigenvalue weighted by Gasteiger charge is -2.16. The van der Waals surface area contributed by atoms with E-state index in [1.807, 2.05) is 0 Å². The van der Waals surface area contributed by atoms with Crippen molar-refractivity contribution >= 4 is 17.8 Å². The van der Waals surface area contributed by atoms with E-state index in [9.17, 15) is 19.5 Å². The number of unbranched alkanes of at least 4 members (excludes halogenated alkanes) is 26. The summed E-state index contributed by atoms with van der Waals surface area (Å²) < 4.78 is 5.31. The summed E-state index contributed by atoms with van der Waals surface area (Å²) in [6.07, 6.45) is 35.0. The summed E-state index contributed by atoms with van der Waals surface area (Å²) >= 11 is 0. The van der Waals surface area contributed by atoms with Gasteiger partial charge >= 0.3 is 11.9 Å². The Morgan fingerprint density at radius 3 is 1.19 bits per heavy atom. The summed E-state index contributed by atoms with van der Waals surface area (Å²) in [5, 5.41) is 11.8. The molecule has 0 saturated heterocycles. The molecule has 0 unspecified atom stereocenters. The summed E-state index contributed by atoms with van der Waals surface area (Å²) in [5.74, 6) is -2.01. The van der Waals surface area contributed by atoms with Gasteiger partial charge < -0.3 is 15.2 Å². The van der Waals surface area contributed by atoms with Crippen molar-refractivity contribution in [2.75, 3.05) is 6.61 Å². The van der Waals surface area contributed by atoms with Crippen molar-refractivity contribution in [3.8, 4) is 0 Å². The van der Waals surface area contributed by atoms with E-state index in [-0.39, 0.29) is 12.5 Å². The zero-order valence-electron chi connectivity index (χ0n) is 28.6. The van der Waals surface area contributed by atoms with E-state index in [1.165, 1.54) is 141 Å². The Balaban J connectivity index is 3.73. The van der Waals surface area contributed by atoms with Crippen molar-refractivity contribution in [1.29, 1.82) is 0 Å². The standard InChI is InChI=1S/C37H71NO5/c1-3-5-7-9-11-13-15-16-17-18-19-20-21-23-25-27-29-31-35(39)38-34(33-36(40)41)37(42)43-32-30-28-26-24-22-14-12-10-8-6-4-2/h34H,3-33H2,1-2H3,(H,38,39)(H,40,41)/t34-/m0/s1. The van der Waals surface area contributed by atoms with Gasteiger partial charge in [-0.1, -0.05) is 181 Å². The van der Waals surface area contributed by atoms with Crippen LogP contribution in [-0.2, 0) is 19.1 Å². The highest BCUT2D eigenvalue weighted by molar-refractivity contribution is 5.87. The van der Waals surface area contributed by atoms with Gasteiger partial charge in [-0.25, -0.2) is 4.79 Å². The van der Waals surface area contributed by atoms with Gasteiger partial charge in [0.15, 0.2) is 0 Å². The summed E-state index contributed by atoms with van der Waals surface area (Å²) in [6, 6.07) is -1.11. The van der Waals surface area contributed by atoms with Crippen LogP contribution in [-0.4, -0.2) is 35.6 Å². The van der Waals surface area contributed by atoms with Crippen molar-refractivity contribution in [2.45, 2.75) is 213 Å². The maximum Gasteiger partial charge on any atom is 0.329 e. The Hall–Kier alpha value is -1.59. The Bertz CT molecular complexity index is 638. The van der Waals surface area contributed by atoms with E-state index >= 15 is 0 Å². The first-order valence-corrected chi connectivity index (χ1v) is 18.7. The number of hydrogen-bond acceptors (Lipinski definition) is 4. The molecule has 2 N–H and O–H groups in total. The van der Waals surface area contributed by atoms with E-state index in [2.05, 4.69) is 19.2 Å². The molecule has 0 radical (unpaired) electrons. The molecule has 43 heavy (non-hydrogen) atoms. The van der Waals surface area contributed by atoms with Crippen LogP contribution in [0.25, 0.3) is 0 Å². The highest BCUT2D eigenvalue weighted by Gasteiger charge is 2.25. The molecule has 1 atom stereocenters. The quantitative estimate of drug-likeness (QED) is 0.0559. The number of carbonyl (C=O) groups is 3. The predicted octanol–water partition coefficient (Wildman–Crippen LogP) is 10.8. The zero-order valence-corrected chi connectivity index (χ0v) is 28.6. The van der Waals surface area contributed by atoms with E-state index in [0.717, 1.165) is 38.5 Å². The molecule has 0 aromatic carbocycles. The average molecular weight is 610 g/mol. The number of carboxylic acids is 1. The highest BCUT2D eigenvalue weighted by Crippen LogP contribution is 2.15. The second-order valence-corrected chi connectivity index (χ2v) is 12.8. The van der Waals surface area contributed by atoms with Crippen LogP contribution in [0.3, 0.4) is 0 Å². The third-order valence-electron chi connectivity index (χ3n) is 8.50. The van der Waals surface area contributed by atoms with Crippen LogP contribution >= 0.6 is 0 Å². The Labute approximate surface area is 266 Å². The first kappa shape index (κ1) is 41.4. The number of nitrogens with one attached hydrogen (secondary N) is 1. The smallest absolute Gasteiger partial charge is 0.329 e. The second kappa shape index (κ2) is 33.3. The minimum absolute atomic E-state index is 0.265. The second-order valence-electron chi connectivity index (χ2n) is 12.8. The fourth-order valence-corrected chi connectivity index (χ4v) is 5.68. The number of hydrogen-bond donors (Lipinski definition) is 2. The minimum Gasteiger partial charge on any atom is -0.481 e. The van der Waals surface area contributed by atoms with E-state index < -0.39 is 24.4 Å². The average Bonchev–Trinajstić information content (AvgIpc) is 2.98. The number of amides is 1. The van der Waals surface area contributed by atoms with Gasteiger partial charge in [-0.2, -0.15) is 0 Å². The topological polar surface area (TPSA) is 92.7 Å². The SMILES string of the molecule is CCCCCCCCCCCCCCCCCCCC(=O)N[C@@H](CC(=O)O)C(=O)OCCCCCCCCCCCCC. The monoisotopic (exact) mass is 610 g/mol. The van der Waals surface area contributed by atoms with Crippen LogP contribution < -0.4 is 5.32 Å². The normalized spacial score (nSPS) is 11.9. The highest BCUT2D eigenvalue weighted by atomic mass is 16.5. The van der Waals surface area contributed by atoms with Crippen LogP contribution in [0.2, 0.25) is 0 Å². The van der Waals surface area contributed by atoms with Crippen molar-refractivity contribution in [3.63, 3.8) is 0 Å². The lowest BCUT2D eigenvalue weighted by atomic mass is 10.0. The minimum atomic E-state index is -1.12. The Morgan fingerprint density at radius 1 is 0.512 bits per heavy atom. The lowest BCUT2D eigenvalue weighted by Crippen LogP contribution is -2.43. The molecule has 0 rings (SSSR count). The maximum atomic E-state index is 12.4. The van der Waals surface area contributed by atoms with Gasteiger partial charge in [-0.15, -0.1) is 0 Å². The molecule has 0 aliphatic heterocycles. The Morgan fingerprint density at radius 2 is 0.837 bits per heavy atom.